The van der Waals surface area contributed by atoms with Crippen molar-refractivity contribution in [2.45, 2.75) is 26.1 Å². The Hall–Kier alpha value is -4.39. The molecule has 1 amide bonds. The Bertz CT molecular complexity index is 1500. The number of nitrogens with one attached hydrogen (secondary N) is 2. The number of halogens is 4. The zero-order valence-electron chi connectivity index (χ0n) is 20.4. The van der Waals surface area contributed by atoms with Crippen LogP contribution in [0.25, 0.3) is 21.3 Å². The smallest absolute Gasteiger partial charge is 0.385 e. The lowest BCUT2D eigenvalue weighted by atomic mass is 10.0. The van der Waals surface area contributed by atoms with Crippen molar-refractivity contribution in [3.05, 3.63) is 72.3 Å². The van der Waals surface area contributed by atoms with Gasteiger partial charge in [-0.1, -0.05) is 43.4 Å². The molecule has 0 saturated heterocycles. The number of hydrogen-bond donors (Lipinski definition) is 2. The number of aromatic nitrogens is 2. The predicted molar refractivity (Wildman–Crippen MR) is 136 cm³/mol. The van der Waals surface area contributed by atoms with Gasteiger partial charge in [0.25, 0.3) is 5.91 Å². The Labute approximate surface area is 223 Å². The van der Waals surface area contributed by atoms with Crippen molar-refractivity contribution >= 4 is 50.2 Å². The van der Waals surface area contributed by atoms with Crippen LogP contribution in [-0.4, -0.2) is 40.0 Å². The molecule has 4 rings (SSSR count). The van der Waals surface area contributed by atoms with Gasteiger partial charge in [0.05, 0.1) is 16.6 Å². The van der Waals surface area contributed by atoms with E-state index in [1.165, 1.54) is 43.4 Å². The minimum Gasteiger partial charge on any atom is -0.385 e. The number of carbonyl (C=O) groups excluding carboxylic acids is 3. The standard InChI is InChI=1S/C26H20F4N4O4S/c1-13(2)21(23(36)38-24(37)26(28,29)30)34-22(35)15-5-3-14(4-6-15)16-7-8-18(17(27)11-16)32-25-33-19-12-31-10-9-20(19)39-25/h3-13,21H,1-2H3,(H,32,33)(H,34,35)/t21-/m0/s1. The van der Waals surface area contributed by atoms with E-state index < -0.39 is 41.8 Å². The van der Waals surface area contributed by atoms with Gasteiger partial charge in [0, 0.05) is 11.8 Å². The van der Waals surface area contributed by atoms with E-state index in [0.717, 1.165) is 4.70 Å². The zero-order chi connectivity index (χ0) is 28.3. The summed E-state index contributed by atoms with van der Waals surface area (Å²) in [4.78, 5) is 44.1. The molecule has 2 N–H and O–H groups in total. The molecule has 0 aliphatic carbocycles. The van der Waals surface area contributed by atoms with Crippen molar-refractivity contribution < 1.29 is 36.7 Å². The molecule has 0 unspecified atom stereocenters. The highest BCUT2D eigenvalue weighted by Gasteiger charge is 2.43. The molecule has 4 aromatic rings. The van der Waals surface area contributed by atoms with Gasteiger partial charge in [-0.15, -0.1) is 0 Å². The summed E-state index contributed by atoms with van der Waals surface area (Å²) in [5.41, 5.74) is 2.10. The van der Waals surface area contributed by atoms with Gasteiger partial charge >= 0.3 is 18.1 Å². The fourth-order valence-corrected chi connectivity index (χ4v) is 4.34. The number of alkyl halides is 3. The topological polar surface area (TPSA) is 110 Å². The summed E-state index contributed by atoms with van der Waals surface area (Å²) in [6, 6.07) is 10.8. The van der Waals surface area contributed by atoms with Crippen molar-refractivity contribution in [2.24, 2.45) is 5.92 Å². The lowest BCUT2D eigenvalue weighted by molar-refractivity contribution is -0.202. The summed E-state index contributed by atoms with van der Waals surface area (Å²) in [6.07, 6.45) is -2.09. The normalized spacial score (nSPS) is 12.3. The molecule has 13 heteroatoms. The first-order valence-electron chi connectivity index (χ1n) is 11.4. The minimum absolute atomic E-state index is 0.0865. The minimum atomic E-state index is -5.35. The van der Waals surface area contributed by atoms with Crippen molar-refractivity contribution in [1.82, 2.24) is 15.3 Å². The van der Waals surface area contributed by atoms with Gasteiger partial charge in [0.15, 0.2) is 5.13 Å². The van der Waals surface area contributed by atoms with E-state index in [-0.39, 0.29) is 11.3 Å². The van der Waals surface area contributed by atoms with Gasteiger partial charge in [-0.05, 0) is 47.4 Å². The van der Waals surface area contributed by atoms with Crippen LogP contribution in [0.4, 0.5) is 28.4 Å². The van der Waals surface area contributed by atoms with Crippen molar-refractivity contribution in [2.75, 3.05) is 5.32 Å². The van der Waals surface area contributed by atoms with Gasteiger partial charge < -0.3 is 15.4 Å². The highest BCUT2D eigenvalue weighted by atomic mass is 32.1. The van der Waals surface area contributed by atoms with Crippen molar-refractivity contribution in [1.29, 1.82) is 0 Å². The van der Waals surface area contributed by atoms with E-state index in [0.29, 0.717) is 21.8 Å². The molecule has 39 heavy (non-hydrogen) atoms. The van der Waals surface area contributed by atoms with E-state index in [1.807, 2.05) is 6.07 Å². The maximum atomic E-state index is 14.8. The first-order chi connectivity index (χ1) is 18.4. The van der Waals surface area contributed by atoms with Crippen molar-refractivity contribution in [3.63, 3.8) is 0 Å². The van der Waals surface area contributed by atoms with Crippen LogP contribution in [0.1, 0.15) is 24.2 Å². The molecule has 2 heterocycles. The van der Waals surface area contributed by atoms with E-state index in [1.54, 1.807) is 36.7 Å². The van der Waals surface area contributed by atoms with Crippen molar-refractivity contribution in [3.8, 4) is 11.1 Å². The van der Waals surface area contributed by atoms with Crippen LogP contribution in [0.2, 0.25) is 0 Å². The van der Waals surface area contributed by atoms with E-state index >= 15 is 0 Å². The first-order valence-corrected chi connectivity index (χ1v) is 12.3. The summed E-state index contributed by atoms with van der Waals surface area (Å²) in [6.45, 7) is 2.93. The van der Waals surface area contributed by atoms with Crippen LogP contribution in [-0.2, 0) is 14.3 Å². The molecule has 0 fully saturated rings. The highest BCUT2D eigenvalue weighted by Crippen LogP contribution is 2.30. The van der Waals surface area contributed by atoms with Gasteiger partial charge in [-0.25, -0.2) is 19.0 Å². The Morgan fingerprint density at radius 2 is 1.69 bits per heavy atom. The van der Waals surface area contributed by atoms with Gasteiger partial charge in [-0.3, -0.25) is 9.78 Å². The number of fused-ring (bicyclic) bond motifs is 1. The molecule has 8 nitrogen and oxygen atoms in total. The molecule has 202 valence electrons. The molecular weight excluding hydrogens is 540 g/mol. The Kier molecular flexibility index (Phi) is 7.90. The third-order valence-electron chi connectivity index (χ3n) is 5.51. The molecule has 0 aliphatic heterocycles. The quantitative estimate of drug-likeness (QED) is 0.171. The molecule has 0 bridgehead atoms. The molecular formula is C26H20F4N4O4S. The van der Waals surface area contributed by atoms with E-state index in [4.69, 9.17) is 0 Å². The van der Waals surface area contributed by atoms with Crippen LogP contribution >= 0.6 is 11.3 Å². The van der Waals surface area contributed by atoms with Gasteiger partial charge in [0.1, 0.15) is 17.4 Å². The number of benzene rings is 2. The third kappa shape index (κ3) is 6.55. The molecule has 2 aromatic carbocycles. The monoisotopic (exact) mass is 560 g/mol. The van der Waals surface area contributed by atoms with E-state index in [2.05, 4.69) is 25.3 Å². The Balaban J connectivity index is 1.43. The number of anilines is 2. The SMILES string of the molecule is CC(C)[C@H](NC(=O)c1ccc(-c2ccc(Nc3nc4cnccc4s3)c(F)c2)cc1)C(=O)OC(=O)C(F)(F)F. The fraction of sp³-hybridized carbons (Fsp3) is 0.192. The van der Waals surface area contributed by atoms with Gasteiger partial charge in [0.2, 0.25) is 0 Å². The number of amides is 1. The van der Waals surface area contributed by atoms with Gasteiger partial charge in [-0.2, -0.15) is 13.2 Å². The second kappa shape index (κ2) is 11.2. The Morgan fingerprint density at radius 3 is 2.31 bits per heavy atom. The third-order valence-corrected chi connectivity index (χ3v) is 6.46. The number of rotatable bonds is 7. The lowest BCUT2D eigenvalue weighted by Crippen LogP contribution is -2.47. The van der Waals surface area contributed by atoms with Crippen LogP contribution in [0.5, 0.6) is 0 Å². The summed E-state index contributed by atoms with van der Waals surface area (Å²) in [5, 5.41) is 5.74. The summed E-state index contributed by atoms with van der Waals surface area (Å²) in [5.74, 6) is -6.16. The molecule has 2 aromatic heterocycles. The second-order valence-electron chi connectivity index (χ2n) is 8.66. The molecule has 0 radical (unpaired) electrons. The molecule has 0 aliphatic rings. The number of carbonyl (C=O) groups is 3. The Morgan fingerprint density at radius 1 is 1.00 bits per heavy atom. The first kappa shape index (κ1) is 27.6. The van der Waals surface area contributed by atoms with Crippen LogP contribution in [0.3, 0.4) is 0 Å². The lowest BCUT2D eigenvalue weighted by Gasteiger charge is -2.20. The maximum absolute atomic E-state index is 14.8. The number of thiazole rings is 1. The number of nitrogens with zero attached hydrogens (tertiary/aromatic N) is 2. The average Bonchev–Trinajstić information content (AvgIpc) is 3.30. The highest BCUT2D eigenvalue weighted by molar-refractivity contribution is 7.22. The number of hydrogen-bond acceptors (Lipinski definition) is 8. The number of ether oxygens (including phenoxy) is 1. The second-order valence-corrected chi connectivity index (χ2v) is 9.69. The maximum Gasteiger partial charge on any atom is 0.491 e. The number of pyridine rings is 1. The summed E-state index contributed by atoms with van der Waals surface area (Å²) in [7, 11) is 0. The predicted octanol–water partition coefficient (Wildman–Crippen LogP) is 5.63. The number of esters is 2. The van der Waals surface area contributed by atoms with Crippen LogP contribution < -0.4 is 10.6 Å². The zero-order valence-corrected chi connectivity index (χ0v) is 21.2. The summed E-state index contributed by atoms with van der Waals surface area (Å²) < 4.78 is 56.9. The largest absolute Gasteiger partial charge is 0.491 e. The van der Waals surface area contributed by atoms with E-state index in [9.17, 15) is 31.9 Å². The molecule has 1 atom stereocenters. The summed E-state index contributed by atoms with van der Waals surface area (Å²) >= 11 is 1.35. The van der Waals surface area contributed by atoms with Crippen LogP contribution in [0.15, 0.2) is 60.9 Å². The molecule has 0 spiro atoms. The van der Waals surface area contributed by atoms with Crippen LogP contribution in [0, 0.1) is 11.7 Å². The fourth-order valence-electron chi connectivity index (χ4n) is 3.49. The molecule has 0 saturated carbocycles. The average molecular weight is 561 g/mol.